The lowest BCUT2D eigenvalue weighted by Gasteiger charge is -2.24. The molecular formula is C24H22FN3O4. The number of hydrogen-bond acceptors (Lipinski definition) is 4. The normalized spacial score (nSPS) is 15.6. The first-order valence-corrected chi connectivity index (χ1v) is 10.2. The molecule has 1 aromatic heterocycles. The highest BCUT2D eigenvalue weighted by atomic mass is 19.1. The molecule has 0 saturated carbocycles. The smallest absolute Gasteiger partial charge is 0.244 e. The summed E-state index contributed by atoms with van der Waals surface area (Å²) in [4.78, 5) is 41.1. The van der Waals surface area contributed by atoms with Crippen molar-refractivity contribution in [2.24, 2.45) is 5.92 Å². The summed E-state index contributed by atoms with van der Waals surface area (Å²) in [6.07, 6.45) is 1.43. The van der Waals surface area contributed by atoms with Crippen LogP contribution >= 0.6 is 0 Å². The molecule has 1 saturated heterocycles. The summed E-state index contributed by atoms with van der Waals surface area (Å²) in [7, 11) is 0. The molecule has 1 fully saturated rings. The summed E-state index contributed by atoms with van der Waals surface area (Å²) in [6.45, 7) is -0.0786. The maximum absolute atomic E-state index is 14.2. The molecule has 2 aromatic carbocycles. The van der Waals surface area contributed by atoms with Gasteiger partial charge in [-0.05, 0) is 36.4 Å². The Balaban J connectivity index is 1.49. The zero-order valence-electron chi connectivity index (χ0n) is 17.2. The largest absolute Gasteiger partial charge is 0.467 e. The van der Waals surface area contributed by atoms with E-state index in [4.69, 9.17) is 4.42 Å². The Labute approximate surface area is 184 Å². The van der Waals surface area contributed by atoms with Gasteiger partial charge in [0, 0.05) is 18.7 Å². The Morgan fingerprint density at radius 3 is 2.53 bits per heavy atom. The van der Waals surface area contributed by atoms with Gasteiger partial charge in [-0.25, -0.2) is 4.39 Å². The number of nitrogens with zero attached hydrogens (tertiary/aromatic N) is 2. The molecule has 0 bridgehead atoms. The number of furan rings is 1. The third-order valence-electron chi connectivity index (χ3n) is 5.25. The maximum Gasteiger partial charge on any atom is 0.244 e. The van der Waals surface area contributed by atoms with Crippen LogP contribution in [0, 0.1) is 11.7 Å². The van der Waals surface area contributed by atoms with Crippen LogP contribution in [0.15, 0.2) is 77.4 Å². The first-order chi connectivity index (χ1) is 15.5. The first kappa shape index (κ1) is 21.3. The van der Waals surface area contributed by atoms with Crippen molar-refractivity contribution in [3.63, 3.8) is 0 Å². The second kappa shape index (κ2) is 9.47. The molecule has 4 rings (SSSR count). The van der Waals surface area contributed by atoms with Crippen LogP contribution in [-0.2, 0) is 20.9 Å². The van der Waals surface area contributed by atoms with Crippen LogP contribution in [0.3, 0.4) is 0 Å². The Morgan fingerprint density at radius 2 is 1.81 bits per heavy atom. The van der Waals surface area contributed by atoms with Gasteiger partial charge in [0.2, 0.25) is 17.7 Å². The topological polar surface area (TPSA) is 82.9 Å². The number of hydrogen-bond donors (Lipinski definition) is 1. The Bertz CT molecular complexity index is 1100. The van der Waals surface area contributed by atoms with Crippen molar-refractivity contribution < 1.29 is 23.2 Å². The van der Waals surface area contributed by atoms with E-state index in [9.17, 15) is 18.8 Å². The molecule has 1 aliphatic heterocycles. The monoisotopic (exact) mass is 435 g/mol. The molecule has 0 aliphatic carbocycles. The zero-order chi connectivity index (χ0) is 22.5. The lowest BCUT2D eigenvalue weighted by molar-refractivity contribution is -0.139. The second-order valence-corrected chi connectivity index (χ2v) is 7.54. The summed E-state index contributed by atoms with van der Waals surface area (Å²) in [5.74, 6) is -1.77. The number of rotatable bonds is 7. The van der Waals surface area contributed by atoms with Gasteiger partial charge in [0.15, 0.2) is 0 Å². The fraction of sp³-hybridized carbons (Fsp3) is 0.208. The van der Waals surface area contributed by atoms with Crippen LogP contribution in [0.5, 0.6) is 0 Å². The minimum Gasteiger partial charge on any atom is -0.467 e. The average Bonchev–Trinajstić information content (AvgIpc) is 3.43. The van der Waals surface area contributed by atoms with E-state index in [1.807, 2.05) is 6.07 Å². The van der Waals surface area contributed by atoms with Gasteiger partial charge in [0.1, 0.15) is 18.1 Å². The Kier molecular flexibility index (Phi) is 6.30. The minimum atomic E-state index is -0.693. The lowest BCUT2D eigenvalue weighted by Crippen LogP contribution is -2.41. The quantitative estimate of drug-likeness (QED) is 0.616. The van der Waals surface area contributed by atoms with Gasteiger partial charge >= 0.3 is 0 Å². The van der Waals surface area contributed by atoms with Gasteiger partial charge in [-0.3, -0.25) is 14.4 Å². The van der Waals surface area contributed by atoms with Gasteiger partial charge in [-0.1, -0.05) is 30.3 Å². The molecule has 0 unspecified atom stereocenters. The standard InChI is InChI=1S/C24H22FN3O4/c25-20-10-4-5-11-21(20)28-14-17(13-23(28)30)24(31)27(15-19-9-6-12-32-19)16-22(29)26-18-7-2-1-3-8-18/h1-12,17H,13-16H2,(H,26,29)/t17-/m0/s1. The SMILES string of the molecule is O=C(CN(Cc1ccco1)C(=O)[C@H]1CC(=O)N(c2ccccc2F)C1)Nc1ccccc1. The highest BCUT2D eigenvalue weighted by Crippen LogP contribution is 2.28. The molecular weight excluding hydrogens is 413 g/mol. The Morgan fingerprint density at radius 1 is 1.06 bits per heavy atom. The molecule has 2 heterocycles. The van der Waals surface area contributed by atoms with E-state index >= 15 is 0 Å². The molecule has 0 radical (unpaired) electrons. The maximum atomic E-state index is 14.2. The van der Waals surface area contributed by atoms with Gasteiger partial charge in [0.25, 0.3) is 0 Å². The number of para-hydroxylation sites is 2. The number of carbonyl (C=O) groups is 3. The summed E-state index contributed by atoms with van der Waals surface area (Å²) >= 11 is 0. The molecule has 1 aliphatic rings. The summed E-state index contributed by atoms with van der Waals surface area (Å²) in [5, 5.41) is 2.76. The van der Waals surface area contributed by atoms with Gasteiger partial charge in [0.05, 0.1) is 24.4 Å². The molecule has 3 amide bonds. The van der Waals surface area contributed by atoms with E-state index in [0.29, 0.717) is 11.4 Å². The molecule has 32 heavy (non-hydrogen) atoms. The highest BCUT2D eigenvalue weighted by Gasteiger charge is 2.38. The third-order valence-corrected chi connectivity index (χ3v) is 5.25. The Hall–Kier alpha value is -3.94. The summed E-state index contributed by atoms with van der Waals surface area (Å²) in [5.41, 5.74) is 0.761. The molecule has 1 N–H and O–H groups in total. The highest BCUT2D eigenvalue weighted by molar-refractivity contribution is 6.01. The van der Waals surface area contributed by atoms with Crippen molar-refractivity contribution in [1.82, 2.24) is 4.90 Å². The summed E-state index contributed by atoms with van der Waals surface area (Å²) in [6, 6.07) is 18.3. The predicted octanol–water partition coefficient (Wildman–Crippen LogP) is 3.44. The van der Waals surface area contributed by atoms with Crippen LogP contribution in [0.25, 0.3) is 0 Å². The van der Waals surface area contributed by atoms with Crippen molar-refractivity contribution >= 4 is 29.1 Å². The van der Waals surface area contributed by atoms with Gasteiger partial charge in [-0.15, -0.1) is 0 Å². The predicted molar refractivity (Wildman–Crippen MR) is 116 cm³/mol. The van der Waals surface area contributed by atoms with Crippen molar-refractivity contribution in [1.29, 1.82) is 0 Å². The third kappa shape index (κ3) is 4.85. The van der Waals surface area contributed by atoms with Crippen LogP contribution < -0.4 is 10.2 Å². The average molecular weight is 435 g/mol. The fourth-order valence-electron chi connectivity index (χ4n) is 3.73. The fourth-order valence-corrected chi connectivity index (χ4v) is 3.73. The van der Waals surface area contributed by atoms with E-state index < -0.39 is 11.7 Å². The molecule has 0 spiro atoms. The van der Waals surface area contributed by atoms with E-state index in [1.54, 1.807) is 48.5 Å². The van der Waals surface area contributed by atoms with Crippen molar-refractivity contribution in [2.45, 2.75) is 13.0 Å². The van der Waals surface area contributed by atoms with Crippen molar-refractivity contribution in [3.05, 3.63) is 84.6 Å². The molecule has 1 atom stereocenters. The van der Waals surface area contributed by atoms with Crippen molar-refractivity contribution in [3.8, 4) is 0 Å². The summed E-state index contributed by atoms with van der Waals surface area (Å²) < 4.78 is 19.5. The van der Waals surface area contributed by atoms with Crippen LogP contribution in [0.1, 0.15) is 12.2 Å². The van der Waals surface area contributed by atoms with Crippen molar-refractivity contribution in [2.75, 3.05) is 23.3 Å². The number of amides is 3. The number of halogens is 1. The number of carbonyl (C=O) groups excluding carboxylic acids is 3. The minimum absolute atomic E-state index is 0.0492. The van der Waals surface area contributed by atoms with Crippen LogP contribution in [0.2, 0.25) is 0 Å². The van der Waals surface area contributed by atoms with E-state index in [1.165, 1.54) is 28.2 Å². The number of nitrogens with one attached hydrogen (secondary N) is 1. The van der Waals surface area contributed by atoms with Gasteiger partial charge in [-0.2, -0.15) is 0 Å². The number of anilines is 2. The molecule has 8 heteroatoms. The van der Waals surface area contributed by atoms with Gasteiger partial charge < -0.3 is 19.5 Å². The zero-order valence-corrected chi connectivity index (χ0v) is 17.2. The molecule has 7 nitrogen and oxygen atoms in total. The lowest BCUT2D eigenvalue weighted by atomic mass is 10.1. The van der Waals surface area contributed by atoms with Crippen LogP contribution in [-0.4, -0.2) is 35.7 Å². The van der Waals surface area contributed by atoms with E-state index in [-0.39, 0.29) is 49.5 Å². The molecule has 164 valence electrons. The number of benzene rings is 2. The van der Waals surface area contributed by atoms with E-state index in [2.05, 4.69) is 5.32 Å². The second-order valence-electron chi connectivity index (χ2n) is 7.54. The van der Waals surface area contributed by atoms with Crippen LogP contribution in [0.4, 0.5) is 15.8 Å². The first-order valence-electron chi connectivity index (χ1n) is 10.2. The van der Waals surface area contributed by atoms with E-state index in [0.717, 1.165) is 0 Å². The molecule has 3 aromatic rings.